The highest BCUT2D eigenvalue weighted by molar-refractivity contribution is 5.34. The Labute approximate surface area is 100 Å². The molecule has 0 aromatic heterocycles. The normalized spacial score (nSPS) is 27.5. The fourth-order valence-corrected chi connectivity index (χ4v) is 2.39. The van der Waals surface area contributed by atoms with Gasteiger partial charge in [-0.2, -0.15) is 0 Å². The third kappa shape index (κ3) is 1.65. The van der Waals surface area contributed by atoms with Gasteiger partial charge in [0.2, 0.25) is 0 Å². The average molecular weight is 227 g/mol. The molecular weight excluding hydrogens is 213 g/mol. The van der Waals surface area contributed by atoms with E-state index in [1.807, 2.05) is 60.7 Å². The van der Waals surface area contributed by atoms with Gasteiger partial charge in [0.1, 0.15) is 0 Å². The molecule has 0 aliphatic carbocycles. The number of rotatable bonds is 2. The Balaban J connectivity index is 1.95. The average Bonchev–Trinajstić information content (AvgIpc) is 2.39. The van der Waals surface area contributed by atoms with Gasteiger partial charge >= 0.3 is 0 Å². The van der Waals surface area contributed by atoms with E-state index in [1.54, 1.807) is 0 Å². The number of benzene rings is 2. The van der Waals surface area contributed by atoms with Crippen LogP contribution in [0.5, 0.6) is 0 Å². The highest BCUT2D eigenvalue weighted by Crippen LogP contribution is 2.44. The van der Waals surface area contributed by atoms with Gasteiger partial charge < -0.3 is 5.32 Å². The third-order valence-corrected chi connectivity index (χ3v) is 3.41. The van der Waals surface area contributed by atoms with Crippen molar-refractivity contribution in [3.63, 3.8) is 0 Å². The van der Waals surface area contributed by atoms with Gasteiger partial charge in [0, 0.05) is 6.54 Å². The lowest BCUT2D eigenvalue weighted by molar-refractivity contribution is 0.0223. The van der Waals surface area contributed by atoms with E-state index in [0.717, 1.165) is 11.1 Å². The molecule has 0 amide bonds. The van der Waals surface area contributed by atoms with Crippen molar-refractivity contribution in [1.82, 2.24) is 5.32 Å². The Morgan fingerprint density at radius 3 is 2.06 bits per heavy atom. The van der Waals surface area contributed by atoms with Gasteiger partial charge in [0.05, 0.1) is 6.04 Å². The van der Waals surface area contributed by atoms with Gasteiger partial charge in [0.15, 0.2) is 5.67 Å². The second-order valence-corrected chi connectivity index (χ2v) is 4.45. The van der Waals surface area contributed by atoms with Crippen LogP contribution in [0.3, 0.4) is 0 Å². The van der Waals surface area contributed by atoms with Crippen LogP contribution < -0.4 is 5.32 Å². The predicted molar refractivity (Wildman–Crippen MR) is 66.4 cm³/mol. The first-order chi connectivity index (χ1) is 8.31. The molecule has 2 atom stereocenters. The Morgan fingerprint density at radius 2 is 1.53 bits per heavy atom. The Morgan fingerprint density at radius 1 is 0.941 bits per heavy atom. The lowest BCUT2D eigenvalue weighted by atomic mass is 9.78. The molecule has 2 aromatic carbocycles. The lowest BCUT2D eigenvalue weighted by Crippen LogP contribution is -2.56. The summed E-state index contributed by atoms with van der Waals surface area (Å²) >= 11 is 0. The molecule has 2 aromatic rings. The van der Waals surface area contributed by atoms with Crippen LogP contribution in [0.15, 0.2) is 60.7 Å². The van der Waals surface area contributed by atoms with Crippen LogP contribution in [0.4, 0.5) is 4.39 Å². The smallest absolute Gasteiger partial charge is 0.167 e. The first kappa shape index (κ1) is 10.5. The van der Waals surface area contributed by atoms with Gasteiger partial charge in [-0.3, -0.25) is 0 Å². The molecule has 1 aliphatic heterocycles. The second kappa shape index (κ2) is 3.97. The Bertz CT molecular complexity index is 497. The van der Waals surface area contributed by atoms with Crippen molar-refractivity contribution in [2.75, 3.05) is 6.54 Å². The molecule has 1 fully saturated rings. The minimum Gasteiger partial charge on any atom is -0.303 e. The van der Waals surface area contributed by atoms with E-state index >= 15 is 0 Å². The summed E-state index contributed by atoms with van der Waals surface area (Å²) in [5, 5.41) is 3.18. The summed E-state index contributed by atoms with van der Waals surface area (Å²) in [6.07, 6.45) is 0. The SMILES string of the molecule is F[C@@]1(c2ccccc2)CN[C@@H]1c1ccccc1. The maximum atomic E-state index is 14.9. The van der Waals surface area contributed by atoms with Gasteiger partial charge in [-0.05, 0) is 11.1 Å². The van der Waals surface area contributed by atoms with Crippen molar-refractivity contribution >= 4 is 0 Å². The molecule has 2 heteroatoms. The van der Waals surface area contributed by atoms with Crippen molar-refractivity contribution in [3.05, 3.63) is 71.8 Å². The van der Waals surface area contributed by atoms with Gasteiger partial charge in [-0.25, -0.2) is 4.39 Å². The van der Waals surface area contributed by atoms with Crippen molar-refractivity contribution in [2.45, 2.75) is 11.7 Å². The Hall–Kier alpha value is -1.67. The summed E-state index contributed by atoms with van der Waals surface area (Å²) < 4.78 is 14.9. The number of nitrogens with one attached hydrogen (secondary N) is 1. The van der Waals surface area contributed by atoms with Crippen LogP contribution in [-0.4, -0.2) is 6.54 Å². The summed E-state index contributed by atoms with van der Waals surface area (Å²) in [5.41, 5.74) is 0.487. The summed E-state index contributed by atoms with van der Waals surface area (Å²) in [7, 11) is 0. The largest absolute Gasteiger partial charge is 0.303 e. The molecule has 1 aliphatic rings. The molecule has 0 saturated carbocycles. The summed E-state index contributed by atoms with van der Waals surface area (Å²) in [6, 6.07) is 18.9. The zero-order valence-electron chi connectivity index (χ0n) is 9.44. The molecule has 1 heterocycles. The van der Waals surface area contributed by atoms with Crippen molar-refractivity contribution in [1.29, 1.82) is 0 Å². The summed E-state index contributed by atoms with van der Waals surface area (Å²) in [4.78, 5) is 0. The van der Waals surface area contributed by atoms with Crippen LogP contribution in [0.2, 0.25) is 0 Å². The first-order valence-corrected chi connectivity index (χ1v) is 5.83. The molecule has 3 rings (SSSR count). The number of hydrogen-bond donors (Lipinski definition) is 1. The minimum absolute atomic E-state index is 0.230. The predicted octanol–water partition coefficient (Wildman–Crippen LogP) is 3.20. The fraction of sp³-hybridized carbons (Fsp3) is 0.200. The quantitative estimate of drug-likeness (QED) is 0.830. The van der Waals surface area contributed by atoms with E-state index in [9.17, 15) is 4.39 Å². The van der Waals surface area contributed by atoms with Crippen LogP contribution in [-0.2, 0) is 5.67 Å². The van der Waals surface area contributed by atoms with E-state index < -0.39 is 5.67 Å². The highest BCUT2D eigenvalue weighted by Gasteiger charge is 2.49. The van der Waals surface area contributed by atoms with Crippen LogP contribution >= 0.6 is 0 Å². The second-order valence-electron chi connectivity index (χ2n) is 4.45. The molecule has 0 bridgehead atoms. The van der Waals surface area contributed by atoms with E-state index in [1.165, 1.54) is 0 Å². The van der Waals surface area contributed by atoms with E-state index in [-0.39, 0.29) is 6.04 Å². The molecule has 86 valence electrons. The minimum atomic E-state index is -1.28. The van der Waals surface area contributed by atoms with Crippen molar-refractivity contribution in [3.8, 4) is 0 Å². The summed E-state index contributed by atoms with van der Waals surface area (Å²) in [5.74, 6) is 0. The maximum absolute atomic E-state index is 14.9. The van der Waals surface area contributed by atoms with E-state index in [0.29, 0.717) is 6.54 Å². The highest BCUT2D eigenvalue weighted by atomic mass is 19.1. The Kier molecular flexibility index (Phi) is 2.45. The molecule has 1 N–H and O–H groups in total. The molecule has 0 radical (unpaired) electrons. The fourth-order valence-electron chi connectivity index (χ4n) is 2.39. The molecular formula is C15H14FN. The van der Waals surface area contributed by atoms with Gasteiger partial charge in [0.25, 0.3) is 0 Å². The lowest BCUT2D eigenvalue weighted by Gasteiger charge is -2.44. The zero-order chi connectivity index (χ0) is 11.7. The molecule has 1 nitrogen and oxygen atoms in total. The van der Waals surface area contributed by atoms with Gasteiger partial charge in [-0.1, -0.05) is 60.7 Å². The van der Waals surface area contributed by atoms with Crippen LogP contribution in [0, 0.1) is 0 Å². The third-order valence-electron chi connectivity index (χ3n) is 3.41. The zero-order valence-corrected chi connectivity index (χ0v) is 9.44. The monoisotopic (exact) mass is 227 g/mol. The molecule has 1 saturated heterocycles. The van der Waals surface area contributed by atoms with E-state index in [4.69, 9.17) is 0 Å². The number of halogens is 1. The molecule has 0 spiro atoms. The van der Waals surface area contributed by atoms with Crippen molar-refractivity contribution in [2.24, 2.45) is 0 Å². The maximum Gasteiger partial charge on any atom is 0.167 e. The number of hydrogen-bond acceptors (Lipinski definition) is 1. The topological polar surface area (TPSA) is 12.0 Å². The molecule has 17 heavy (non-hydrogen) atoms. The van der Waals surface area contributed by atoms with Crippen LogP contribution in [0.25, 0.3) is 0 Å². The molecule has 0 unspecified atom stereocenters. The first-order valence-electron chi connectivity index (χ1n) is 5.83. The number of alkyl halides is 1. The van der Waals surface area contributed by atoms with Crippen molar-refractivity contribution < 1.29 is 4.39 Å². The van der Waals surface area contributed by atoms with Crippen LogP contribution in [0.1, 0.15) is 17.2 Å². The van der Waals surface area contributed by atoms with E-state index in [2.05, 4.69) is 5.32 Å². The standard InChI is InChI=1S/C15H14FN/c16-15(13-9-5-2-6-10-13)11-17-14(15)12-7-3-1-4-8-12/h1-10,14,17H,11H2/t14-,15-/m1/s1. The van der Waals surface area contributed by atoms with Gasteiger partial charge in [-0.15, -0.1) is 0 Å². The summed E-state index contributed by atoms with van der Waals surface area (Å²) in [6.45, 7) is 0.385.